The Hall–Kier alpha value is -0.486. The average molecular weight is 335 g/mol. The molecule has 0 saturated carbocycles. The van der Waals surface area contributed by atoms with E-state index in [0.29, 0.717) is 5.75 Å². The van der Waals surface area contributed by atoms with Gasteiger partial charge < -0.3 is 18.5 Å². The first kappa shape index (κ1) is 22.8. The molecule has 1 rings (SSSR count). The van der Waals surface area contributed by atoms with Gasteiger partial charge in [-0.3, -0.25) is 0 Å². The molecule has 0 aliphatic rings. The molecular weight excluding hydrogens is 303 g/mol. The molecule has 0 saturated heterocycles. The van der Waals surface area contributed by atoms with Gasteiger partial charge in [-0.05, 0) is 22.0 Å². The van der Waals surface area contributed by atoms with Crippen LogP contribution in [0.5, 0.6) is 5.75 Å². The van der Waals surface area contributed by atoms with E-state index >= 15 is 0 Å². The van der Waals surface area contributed by atoms with E-state index in [4.69, 9.17) is 0 Å². The Morgan fingerprint density at radius 3 is 1.52 bits per heavy atom. The molecule has 0 amide bonds. The Morgan fingerprint density at radius 1 is 0.952 bits per heavy atom. The normalized spacial score (nSPS) is 11.3. The summed E-state index contributed by atoms with van der Waals surface area (Å²) in [5.41, 5.74) is 3.31. The molecule has 0 aromatic heterocycles. The number of phenols is 1. The summed E-state index contributed by atoms with van der Waals surface area (Å²) in [6.07, 6.45) is 3.11. The van der Waals surface area contributed by atoms with Crippen LogP contribution in [0.4, 0.5) is 0 Å². The third-order valence-electron chi connectivity index (χ3n) is 3.23. The van der Waals surface area contributed by atoms with Gasteiger partial charge in [0, 0.05) is 0 Å². The molecule has 0 aliphatic carbocycles. The number of benzene rings is 1. The Balaban J connectivity index is 0. The fraction of sp³-hybridized carbons (Fsp3) is 0.579. The minimum atomic E-state index is -0.0339. The van der Waals surface area contributed by atoms with E-state index in [1.807, 2.05) is 0 Å². The molecule has 0 aliphatic heterocycles. The van der Waals surface area contributed by atoms with Crippen molar-refractivity contribution in [2.45, 2.75) is 72.6 Å². The maximum Gasteiger partial charge on any atom is 2.00 e. The summed E-state index contributed by atoms with van der Waals surface area (Å²) in [5.74, 6) is 0.467. The van der Waals surface area contributed by atoms with Crippen molar-refractivity contribution in [2.75, 3.05) is 0 Å². The minimum Gasteiger partial charge on any atom is -0.507 e. The molecule has 21 heavy (non-hydrogen) atoms. The second-order valence-electron chi connectivity index (χ2n) is 7.15. The summed E-state index contributed by atoms with van der Waals surface area (Å²) in [5, 5.41) is 10.5. The summed E-state index contributed by atoms with van der Waals surface area (Å²) in [7, 11) is 0. The Bertz CT molecular complexity index is 387. The van der Waals surface area contributed by atoms with E-state index in [1.54, 1.807) is 6.92 Å². The van der Waals surface area contributed by atoms with Gasteiger partial charge in [0.05, 0.1) is 0 Å². The number of phenolic OH excluding ortho intramolecular Hbond substituents is 1. The van der Waals surface area contributed by atoms with Crippen molar-refractivity contribution in [3.8, 4) is 5.75 Å². The molecule has 0 spiro atoms. The van der Waals surface area contributed by atoms with Gasteiger partial charge in [-0.1, -0.05) is 59.2 Å². The van der Waals surface area contributed by atoms with Crippen molar-refractivity contribution in [2.24, 2.45) is 0 Å². The van der Waals surface area contributed by atoms with Crippen LogP contribution in [0, 0.1) is 13.3 Å². The predicted octanol–water partition coefficient (Wildman–Crippen LogP) is 5.59. The zero-order valence-electron chi connectivity index (χ0n) is 14.9. The summed E-state index contributed by atoms with van der Waals surface area (Å²) < 4.78 is 0. The largest absolute Gasteiger partial charge is 2.00 e. The second-order valence-corrected chi connectivity index (χ2v) is 7.15. The minimum absolute atomic E-state index is 0. The van der Waals surface area contributed by atoms with Crippen LogP contribution in [0.25, 0.3) is 0 Å². The zero-order chi connectivity index (χ0) is 16.1. The second kappa shape index (κ2) is 8.84. The van der Waals surface area contributed by atoms with Gasteiger partial charge in [-0.15, -0.1) is 0 Å². The van der Waals surface area contributed by atoms with Crippen LogP contribution in [0.15, 0.2) is 12.1 Å². The summed E-state index contributed by atoms with van der Waals surface area (Å²) >= 11 is 0. The van der Waals surface area contributed by atoms with E-state index in [2.05, 4.69) is 73.9 Å². The zero-order valence-corrected chi connectivity index (χ0v) is 15.9. The molecule has 1 aromatic carbocycles. The van der Waals surface area contributed by atoms with E-state index in [-0.39, 0.29) is 27.3 Å². The van der Waals surface area contributed by atoms with Crippen molar-refractivity contribution < 1.29 is 21.6 Å². The topological polar surface area (TPSA) is 20.2 Å². The molecule has 2 heteroatoms. The predicted molar refractivity (Wildman–Crippen MR) is 90.2 cm³/mol. The Kier molecular flexibility index (Phi) is 9.59. The van der Waals surface area contributed by atoms with Crippen LogP contribution in [0.3, 0.4) is 0 Å². The molecule has 1 aromatic rings. The maximum atomic E-state index is 10.5. The number of hydrogen-bond acceptors (Lipinski definition) is 1. The van der Waals surface area contributed by atoms with Gasteiger partial charge in [0.2, 0.25) is 0 Å². The standard InChI is InChI=1S/C17H27O.C2H5.Ni/c1-8-9-12-10-13(16(2,3)4)15(18)14(11-12)17(5,6)7;1-2;/h8,10-11,18H,9H2,1-7H3;1H2,2H3;/q2*-1;+2. The van der Waals surface area contributed by atoms with Crippen LogP contribution < -0.4 is 0 Å². The molecule has 0 radical (unpaired) electrons. The third kappa shape index (κ3) is 6.43. The fourth-order valence-electron chi connectivity index (χ4n) is 2.19. The average Bonchev–Trinajstić information content (AvgIpc) is 2.31. The summed E-state index contributed by atoms with van der Waals surface area (Å²) in [6.45, 7) is 20.0. The van der Waals surface area contributed by atoms with Crippen LogP contribution >= 0.6 is 0 Å². The van der Waals surface area contributed by atoms with Crippen molar-refractivity contribution in [3.63, 3.8) is 0 Å². The molecule has 0 unspecified atom stereocenters. The van der Waals surface area contributed by atoms with Crippen molar-refractivity contribution in [1.82, 2.24) is 0 Å². The van der Waals surface area contributed by atoms with Crippen LogP contribution in [-0.2, 0) is 33.7 Å². The van der Waals surface area contributed by atoms with Gasteiger partial charge >= 0.3 is 16.5 Å². The van der Waals surface area contributed by atoms with Crippen molar-refractivity contribution in [3.05, 3.63) is 42.2 Å². The van der Waals surface area contributed by atoms with E-state index in [9.17, 15) is 5.11 Å². The van der Waals surface area contributed by atoms with E-state index in [0.717, 1.165) is 17.5 Å². The Morgan fingerprint density at radius 2 is 1.29 bits per heavy atom. The van der Waals surface area contributed by atoms with Crippen molar-refractivity contribution >= 4 is 0 Å². The van der Waals surface area contributed by atoms with Crippen LogP contribution in [0.2, 0.25) is 0 Å². The molecule has 1 nitrogen and oxygen atoms in total. The first-order valence-electron chi connectivity index (χ1n) is 7.42. The van der Waals surface area contributed by atoms with Crippen molar-refractivity contribution in [1.29, 1.82) is 0 Å². The maximum absolute atomic E-state index is 10.5. The first-order chi connectivity index (χ1) is 9.07. The quantitative estimate of drug-likeness (QED) is 0.552. The van der Waals surface area contributed by atoms with Gasteiger partial charge in [0.15, 0.2) is 0 Å². The molecular formula is C19H32NiO. The molecule has 0 fully saturated rings. The first-order valence-corrected chi connectivity index (χ1v) is 7.42. The number of hydrogen-bond donors (Lipinski definition) is 1. The van der Waals surface area contributed by atoms with E-state index < -0.39 is 0 Å². The number of aromatic hydroxyl groups is 1. The molecule has 0 atom stereocenters. The van der Waals surface area contributed by atoms with Gasteiger partial charge in [0.1, 0.15) is 5.75 Å². The van der Waals surface area contributed by atoms with E-state index in [1.165, 1.54) is 5.56 Å². The fourth-order valence-corrected chi connectivity index (χ4v) is 2.19. The summed E-state index contributed by atoms with van der Waals surface area (Å²) in [6, 6.07) is 4.29. The Labute approximate surface area is 142 Å². The molecule has 1 N–H and O–H groups in total. The molecule has 124 valence electrons. The van der Waals surface area contributed by atoms with Gasteiger partial charge in [-0.2, -0.15) is 20.3 Å². The molecule has 0 bridgehead atoms. The smallest absolute Gasteiger partial charge is 0.507 e. The molecule has 0 heterocycles. The SMILES string of the molecule is C[CH-]Cc1cc(C(C)(C)C)c(O)c(C(C)(C)C)c1.[CH2-]C.[Ni+2]. The number of rotatable bonds is 2. The van der Waals surface area contributed by atoms with Crippen LogP contribution in [-0.4, -0.2) is 5.11 Å². The van der Waals surface area contributed by atoms with Gasteiger partial charge in [-0.25, -0.2) is 0 Å². The summed E-state index contributed by atoms with van der Waals surface area (Å²) in [4.78, 5) is 0. The monoisotopic (exact) mass is 334 g/mol. The third-order valence-corrected chi connectivity index (χ3v) is 3.23. The van der Waals surface area contributed by atoms with Crippen LogP contribution in [0.1, 0.15) is 72.1 Å². The van der Waals surface area contributed by atoms with Gasteiger partial charge in [0.25, 0.3) is 0 Å².